The second kappa shape index (κ2) is 13.3. The summed E-state index contributed by atoms with van der Waals surface area (Å²) in [7, 11) is 0. The van der Waals surface area contributed by atoms with Crippen molar-refractivity contribution >= 4 is 92.8 Å². The molecule has 3 aromatic carbocycles. The number of hydrogen-bond donors (Lipinski definition) is 3. The van der Waals surface area contributed by atoms with E-state index in [-0.39, 0.29) is 28.2 Å². The second-order valence-corrected chi connectivity index (χ2v) is 13.0. The monoisotopic (exact) mass is 747 g/mol. The maximum atomic E-state index is 15.1. The summed E-state index contributed by atoms with van der Waals surface area (Å²) in [5.41, 5.74) is -1.41. The number of nitrogens with one attached hydrogen (secondary N) is 3. The highest BCUT2D eigenvalue weighted by Crippen LogP contribution is 2.65. The van der Waals surface area contributed by atoms with Crippen LogP contribution >= 0.6 is 58.0 Å². The number of rotatable bonds is 10. The Labute approximate surface area is 282 Å². The topological polar surface area (TPSA) is 87.3 Å². The van der Waals surface area contributed by atoms with Crippen LogP contribution in [0.5, 0.6) is 0 Å². The summed E-state index contributed by atoms with van der Waals surface area (Å²) >= 11 is 30.9. The Morgan fingerprint density at radius 1 is 0.848 bits per heavy atom. The lowest BCUT2D eigenvalue weighted by Gasteiger charge is -2.22. The zero-order valence-electron chi connectivity index (χ0n) is 23.1. The van der Waals surface area contributed by atoms with Crippen molar-refractivity contribution in [3.63, 3.8) is 0 Å². The van der Waals surface area contributed by atoms with Crippen molar-refractivity contribution in [3.8, 4) is 0 Å². The summed E-state index contributed by atoms with van der Waals surface area (Å²) in [6.45, 7) is -0.0294. The molecular formula is C29H20Cl5F6N3O3. The smallest absolute Gasteiger partial charge is 0.310 e. The highest BCUT2D eigenvalue weighted by molar-refractivity contribution is 6.53. The highest BCUT2D eigenvalue weighted by atomic mass is 35.5. The number of hydrogen-bond acceptors (Lipinski definition) is 3. The van der Waals surface area contributed by atoms with E-state index in [1.54, 1.807) is 11.4 Å². The molecular weight excluding hydrogens is 730 g/mol. The predicted molar refractivity (Wildman–Crippen MR) is 165 cm³/mol. The van der Waals surface area contributed by atoms with Crippen LogP contribution in [0.3, 0.4) is 0 Å². The molecule has 0 radical (unpaired) electrons. The van der Waals surface area contributed by atoms with Gasteiger partial charge in [0.15, 0.2) is 5.82 Å². The van der Waals surface area contributed by atoms with E-state index >= 15 is 4.39 Å². The summed E-state index contributed by atoms with van der Waals surface area (Å²) in [5.74, 6) is -16.4. The number of carbonyl (C=O) groups excluding carboxylic acids is 3. The van der Waals surface area contributed by atoms with Gasteiger partial charge >= 0.3 is 11.8 Å². The average molecular weight is 750 g/mol. The van der Waals surface area contributed by atoms with Crippen LogP contribution in [0, 0.1) is 17.6 Å². The van der Waals surface area contributed by atoms with Gasteiger partial charge < -0.3 is 16.0 Å². The van der Waals surface area contributed by atoms with E-state index in [4.69, 9.17) is 58.0 Å². The Kier molecular flexibility index (Phi) is 10.4. The van der Waals surface area contributed by atoms with Crippen molar-refractivity contribution in [2.45, 2.75) is 41.9 Å². The minimum absolute atomic E-state index is 0.0294. The van der Waals surface area contributed by atoms with Crippen LogP contribution in [0.25, 0.3) is 0 Å². The molecule has 0 aliphatic heterocycles. The number of amides is 3. The fraction of sp³-hybridized carbons (Fsp3) is 0.276. The molecule has 1 fully saturated rings. The minimum atomic E-state index is -4.55. The maximum Gasteiger partial charge on any atom is 0.310 e. The number of carbonyl (C=O) groups is 3. The molecule has 17 heteroatoms. The Morgan fingerprint density at radius 3 is 2.13 bits per heavy atom. The first-order valence-corrected chi connectivity index (χ1v) is 14.9. The van der Waals surface area contributed by atoms with E-state index < -0.39 is 81.6 Å². The number of halogens is 11. The number of benzene rings is 3. The number of alkyl halides is 6. The van der Waals surface area contributed by atoms with Crippen molar-refractivity contribution < 1.29 is 40.7 Å². The Hall–Kier alpha value is -2.90. The van der Waals surface area contributed by atoms with Crippen molar-refractivity contribution in [3.05, 3.63) is 86.4 Å². The normalized spacial score (nSPS) is 17.3. The third-order valence-electron chi connectivity index (χ3n) is 7.03. The van der Waals surface area contributed by atoms with Crippen molar-refractivity contribution in [1.29, 1.82) is 0 Å². The molecule has 246 valence electrons. The fourth-order valence-corrected chi connectivity index (χ4v) is 5.75. The number of anilines is 3. The van der Waals surface area contributed by atoms with Gasteiger partial charge in [0.05, 0.1) is 32.2 Å². The van der Waals surface area contributed by atoms with Crippen LogP contribution in [0.4, 0.5) is 43.4 Å². The molecule has 4 rings (SSSR count). The van der Waals surface area contributed by atoms with Crippen molar-refractivity contribution in [2.75, 3.05) is 16.0 Å². The third kappa shape index (κ3) is 7.62. The largest absolute Gasteiger partial charge is 0.326 e. The molecule has 0 aromatic heterocycles. The van der Waals surface area contributed by atoms with E-state index in [0.717, 1.165) is 12.1 Å². The van der Waals surface area contributed by atoms with Crippen LogP contribution in [0.15, 0.2) is 48.5 Å². The van der Waals surface area contributed by atoms with Gasteiger partial charge in [-0.3, -0.25) is 14.4 Å². The molecule has 6 nitrogen and oxygen atoms in total. The van der Waals surface area contributed by atoms with Gasteiger partial charge in [0.2, 0.25) is 11.8 Å². The zero-order valence-corrected chi connectivity index (χ0v) is 26.8. The van der Waals surface area contributed by atoms with Gasteiger partial charge in [0.25, 0.3) is 5.91 Å². The van der Waals surface area contributed by atoms with Gasteiger partial charge in [0, 0.05) is 31.4 Å². The zero-order chi connectivity index (χ0) is 34.4. The molecule has 1 aliphatic carbocycles. The molecule has 1 aliphatic rings. The Bertz CT molecular complexity index is 1720. The Balaban J connectivity index is 1.46. The van der Waals surface area contributed by atoms with E-state index in [1.165, 1.54) is 24.3 Å². The van der Waals surface area contributed by atoms with Gasteiger partial charge in [0.1, 0.15) is 15.8 Å². The van der Waals surface area contributed by atoms with Gasteiger partial charge in [-0.05, 0) is 48.0 Å². The molecule has 3 N–H and O–H groups in total. The summed E-state index contributed by atoms with van der Waals surface area (Å²) in [6, 6.07) is 9.92. The van der Waals surface area contributed by atoms with Gasteiger partial charge in [-0.25, -0.2) is 17.6 Å². The first kappa shape index (κ1) is 35.9. The molecule has 2 atom stereocenters. The molecule has 46 heavy (non-hydrogen) atoms. The van der Waals surface area contributed by atoms with E-state index in [0.29, 0.717) is 16.7 Å². The molecule has 1 saturated carbocycles. The second-order valence-electron chi connectivity index (χ2n) is 10.4. The van der Waals surface area contributed by atoms with Crippen LogP contribution < -0.4 is 16.0 Å². The van der Waals surface area contributed by atoms with Crippen LogP contribution in [0.2, 0.25) is 15.1 Å². The average Bonchev–Trinajstić information content (AvgIpc) is 3.55. The maximum absolute atomic E-state index is 15.1. The summed E-state index contributed by atoms with van der Waals surface area (Å²) in [4.78, 5) is 38.1. The molecule has 0 unspecified atom stereocenters. The van der Waals surface area contributed by atoms with Crippen molar-refractivity contribution in [2.24, 2.45) is 5.92 Å². The van der Waals surface area contributed by atoms with Gasteiger partial charge in [-0.2, -0.15) is 8.78 Å². The van der Waals surface area contributed by atoms with E-state index in [1.807, 2.05) is 0 Å². The first-order chi connectivity index (χ1) is 21.2. The van der Waals surface area contributed by atoms with Crippen molar-refractivity contribution in [1.82, 2.24) is 0 Å². The van der Waals surface area contributed by atoms with Gasteiger partial charge in [-0.1, -0.05) is 40.9 Å². The molecule has 0 heterocycles. The summed E-state index contributed by atoms with van der Waals surface area (Å²) in [5, 5.41) is 6.82. The lowest BCUT2D eigenvalue weighted by Crippen LogP contribution is -2.38. The molecule has 0 bridgehead atoms. The fourth-order valence-electron chi connectivity index (χ4n) is 4.42. The molecule has 3 amide bonds. The van der Waals surface area contributed by atoms with Crippen LogP contribution in [-0.2, 0) is 9.59 Å². The standard InChI is InChI=1S/C29H20Cl5F6N3O3/c1-27(37,38)28(39,40)9-8-20(44)43-24-18(35)6-7-19(23(24)36)42-25(45)14-11-13(3-5-15(14)30)41-26(46)22-21(29(22,33)34)12-2-4-16(31)17(32)10-12/h2-7,10-11,21-22H,8-9H2,1H3,(H,41,46)(H,42,45)(H,43,44)/t21-,22+/m0/s1. The highest BCUT2D eigenvalue weighted by Gasteiger charge is 2.67. The Morgan fingerprint density at radius 2 is 1.50 bits per heavy atom. The molecule has 0 spiro atoms. The summed E-state index contributed by atoms with van der Waals surface area (Å²) < 4.78 is 81.0. The summed E-state index contributed by atoms with van der Waals surface area (Å²) in [6.07, 6.45) is -2.79. The minimum Gasteiger partial charge on any atom is -0.326 e. The van der Waals surface area contributed by atoms with Crippen LogP contribution in [-0.4, -0.2) is 33.9 Å². The van der Waals surface area contributed by atoms with Gasteiger partial charge in [-0.15, -0.1) is 23.2 Å². The quantitative estimate of drug-likeness (QED) is 0.143. The molecule has 3 aromatic rings. The third-order valence-corrected chi connectivity index (χ3v) is 9.04. The lowest BCUT2D eigenvalue weighted by atomic mass is 10.1. The predicted octanol–water partition coefficient (Wildman–Crippen LogP) is 9.71. The lowest BCUT2D eigenvalue weighted by molar-refractivity contribution is -0.201. The van der Waals surface area contributed by atoms with Crippen LogP contribution in [0.1, 0.15) is 41.6 Å². The first-order valence-electron chi connectivity index (χ1n) is 13.0. The van der Waals surface area contributed by atoms with E-state index in [2.05, 4.69) is 10.6 Å². The molecule has 0 saturated heterocycles. The van der Waals surface area contributed by atoms with E-state index in [9.17, 15) is 36.3 Å². The SMILES string of the molecule is CC(F)(F)C(F)(F)CCC(=O)Nc1c(F)ccc(NC(=O)c2cc(NC(=O)[C@H]3[C@H](c4ccc(Cl)c(Cl)c4)C3(Cl)Cl)ccc2Cl)c1F.